The molecule has 1 heterocycles. The van der Waals surface area contributed by atoms with Crippen LogP contribution in [0.15, 0.2) is 0 Å². The van der Waals surface area contributed by atoms with Gasteiger partial charge in [0.25, 0.3) is 10.1 Å². The summed E-state index contributed by atoms with van der Waals surface area (Å²) >= 11 is 0. The van der Waals surface area contributed by atoms with Crippen LogP contribution >= 0.6 is 0 Å². The van der Waals surface area contributed by atoms with E-state index in [0.29, 0.717) is 0 Å². The lowest BCUT2D eigenvalue weighted by molar-refractivity contribution is 0.219. The van der Waals surface area contributed by atoms with Crippen LogP contribution in [0.5, 0.6) is 0 Å². The molecule has 0 aliphatic carbocycles. The lowest BCUT2D eigenvalue weighted by Gasteiger charge is -2.14. The van der Waals surface area contributed by atoms with Crippen LogP contribution in [0.25, 0.3) is 0 Å². The van der Waals surface area contributed by atoms with Crippen molar-refractivity contribution in [3.63, 3.8) is 0 Å². The molecule has 1 aliphatic heterocycles. The monoisotopic (exact) mass is 154 g/mol. The first-order valence-corrected chi connectivity index (χ1v) is 4.19. The van der Waals surface area contributed by atoms with Crippen molar-refractivity contribution in [2.24, 2.45) is 0 Å². The van der Waals surface area contributed by atoms with Crippen LogP contribution in [-0.2, 0) is 14.3 Å². The maximum Gasteiger partial charge on any atom is 0.270 e. The molecule has 9 heavy (non-hydrogen) atoms. The van der Waals surface area contributed by atoms with Crippen molar-refractivity contribution in [1.82, 2.24) is 0 Å². The first-order valence-electron chi connectivity index (χ1n) is 2.61. The van der Waals surface area contributed by atoms with E-state index in [0.717, 1.165) is 0 Å². The molecule has 0 aromatic carbocycles. The largest absolute Gasteiger partial charge is 0.270 e. The fourth-order valence-electron chi connectivity index (χ4n) is 0.656. The predicted octanol–water partition coefficient (Wildman–Crippen LogP) is 0.0746. The highest BCUT2D eigenvalue weighted by molar-refractivity contribution is 7.86. The van der Waals surface area contributed by atoms with Crippen LogP contribution in [0.1, 0.15) is 6.42 Å². The smallest absolute Gasteiger partial charge is 0.270 e. The molecule has 0 amide bonds. The summed E-state index contributed by atoms with van der Waals surface area (Å²) in [6.07, 6.45) is -1.04. The molecule has 0 aromatic rings. The van der Waals surface area contributed by atoms with Crippen molar-refractivity contribution < 1.29 is 17.0 Å². The zero-order valence-electron chi connectivity index (χ0n) is 4.71. The SMILES string of the molecule is O=S1(=O)CC(F)CCO1. The van der Waals surface area contributed by atoms with Crippen molar-refractivity contribution in [3.05, 3.63) is 0 Å². The van der Waals surface area contributed by atoms with Crippen LogP contribution in [0.4, 0.5) is 4.39 Å². The number of hydrogen-bond acceptors (Lipinski definition) is 3. The number of rotatable bonds is 0. The van der Waals surface area contributed by atoms with Gasteiger partial charge in [0.05, 0.1) is 6.61 Å². The quantitative estimate of drug-likeness (QED) is 0.464. The summed E-state index contributed by atoms with van der Waals surface area (Å²) < 4.78 is 37.3. The Kier molecular flexibility index (Phi) is 1.72. The van der Waals surface area contributed by atoms with Gasteiger partial charge in [-0.3, -0.25) is 4.18 Å². The van der Waals surface area contributed by atoms with Gasteiger partial charge in [-0.05, 0) is 0 Å². The van der Waals surface area contributed by atoms with Crippen LogP contribution in [0.3, 0.4) is 0 Å². The van der Waals surface area contributed by atoms with Crippen LogP contribution in [-0.4, -0.2) is 26.9 Å². The van der Waals surface area contributed by atoms with Gasteiger partial charge in [0.15, 0.2) is 0 Å². The first-order chi connectivity index (χ1) is 4.10. The third-order valence-corrected chi connectivity index (χ3v) is 2.37. The number of hydrogen-bond donors (Lipinski definition) is 0. The van der Waals surface area contributed by atoms with Gasteiger partial charge in [-0.15, -0.1) is 0 Å². The topological polar surface area (TPSA) is 43.4 Å². The van der Waals surface area contributed by atoms with Gasteiger partial charge >= 0.3 is 0 Å². The van der Waals surface area contributed by atoms with E-state index in [1.54, 1.807) is 0 Å². The van der Waals surface area contributed by atoms with Crippen LogP contribution < -0.4 is 0 Å². The van der Waals surface area contributed by atoms with Gasteiger partial charge in [0.1, 0.15) is 11.9 Å². The van der Waals surface area contributed by atoms with E-state index < -0.39 is 22.0 Å². The van der Waals surface area contributed by atoms with E-state index in [1.165, 1.54) is 0 Å². The van der Waals surface area contributed by atoms with E-state index >= 15 is 0 Å². The first kappa shape index (κ1) is 6.95. The summed E-state index contributed by atoms with van der Waals surface area (Å²) in [4.78, 5) is 0. The number of alkyl halides is 1. The third-order valence-electron chi connectivity index (χ3n) is 1.08. The zero-order chi connectivity index (χ0) is 6.91. The highest BCUT2D eigenvalue weighted by atomic mass is 32.2. The minimum absolute atomic E-state index is 0.0104. The standard InChI is InChI=1S/C4H7FO3S/c5-4-1-2-8-9(6,7)3-4/h4H,1-3H2. The highest BCUT2D eigenvalue weighted by Gasteiger charge is 2.24. The summed E-state index contributed by atoms with van der Waals surface area (Å²) in [5.74, 6) is -0.479. The molecule has 0 N–H and O–H groups in total. The Labute approximate surface area is 52.9 Å². The molecular formula is C4H7FO3S. The average molecular weight is 154 g/mol. The lowest BCUT2D eigenvalue weighted by Crippen LogP contribution is -2.27. The Morgan fingerprint density at radius 1 is 1.56 bits per heavy atom. The molecule has 3 nitrogen and oxygen atoms in total. The minimum Gasteiger partial charge on any atom is -0.270 e. The Bertz CT molecular complexity index is 186. The molecule has 0 bridgehead atoms. The summed E-state index contributed by atoms with van der Waals surface area (Å²) in [5.41, 5.74) is 0. The van der Waals surface area contributed by atoms with Crippen LogP contribution in [0, 0.1) is 0 Å². The van der Waals surface area contributed by atoms with Gasteiger partial charge in [-0.2, -0.15) is 8.42 Å². The molecule has 5 heteroatoms. The predicted molar refractivity (Wildman–Crippen MR) is 29.3 cm³/mol. The normalized spacial score (nSPS) is 34.1. The van der Waals surface area contributed by atoms with E-state index in [4.69, 9.17) is 0 Å². The minimum atomic E-state index is -3.51. The Hall–Kier alpha value is -0.160. The Balaban J connectivity index is 2.62. The van der Waals surface area contributed by atoms with Gasteiger partial charge in [-0.1, -0.05) is 0 Å². The molecule has 54 valence electrons. The van der Waals surface area contributed by atoms with E-state index in [1.807, 2.05) is 0 Å². The second-order valence-electron chi connectivity index (χ2n) is 1.93. The summed E-state index contributed by atoms with van der Waals surface area (Å²) in [5, 5.41) is 0. The zero-order valence-corrected chi connectivity index (χ0v) is 5.53. The molecule has 0 aromatic heterocycles. The Morgan fingerprint density at radius 3 is 2.56 bits per heavy atom. The summed E-state index contributed by atoms with van der Waals surface area (Å²) in [7, 11) is -3.51. The third kappa shape index (κ3) is 1.91. The van der Waals surface area contributed by atoms with E-state index in [-0.39, 0.29) is 13.0 Å². The molecule has 1 aliphatic rings. The van der Waals surface area contributed by atoms with E-state index in [2.05, 4.69) is 4.18 Å². The molecule has 1 atom stereocenters. The maximum atomic E-state index is 12.2. The van der Waals surface area contributed by atoms with Gasteiger partial charge in [0, 0.05) is 6.42 Å². The van der Waals surface area contributed by atoms with Crippen molar-refractivity contribution in [1.29, 1.82) is 0 Å². The molecule has 0 saturated carbocycles. The second kappa shape index (κ2) is 2.22. The van der Waals surface area contributed by atoms with Gasteiger partial charge < -0.3 is 0 Å². The fraction of sp³-hybridized carbons (Fsp3) is 1.00. The molecule has 1 saturated heterocycles. The summed E-state index contributed by atoms with van der Waals surface area (Å²) in [6.45, 7) is -0.0104. The summed E-state index contributed by atoms with van der Waals surface area (Å²) in [6, 6.07) is 0. The van der Waals surface area contributed by atoms with Crippen molar-refractivity contribution >= 4 is 10.1 Å². The van der Waals surface area contributed by atoms with Gasteiger partial charge in [-0.25, -0.2) is 4.39 Å². The molecule has 1 fully saturated rings. The van der Waals surface area contributed by atoms with Crippen LogP contribution in [0.2, 0.25) is 0 Å². The van der Waals surface area contributed by atoms with Crippen molar-refractivity contribution in [2.45, 2.75) is 12.6 Å². The molecule has 0 spiro atoms. The highest BCUT2D eigenvalue weighted by Crippen LogP contribution is 2.11. The maximum absolute atomic E-state index is 12.2. The van der Waals surface area contributed by atoms with Crippen molar-refractivity contribution in [2.75, 3.05) is 12.4 Å². The second-order valence-corrected chi connectivity index (χ2v) is 3.62. The van der Waals surface area contributed by atoms with Crippen molar-refractivity contribution in [3.8, 4) is 0 Å². The molecule has 0 radical (unpaired) electrons. The fourth-order valence-corrected chi connectivity index (χ4v) is 1.71. The Morgan fingerprint density at radius 2 is 2.22 bits per heavy atom. The lowest BCUT2D eigenvalue weighted by atomic mass is 10.3. The molecule has 1 unspecified atom stereocenters. The van der Waals surface area contributed by atoms with Gasteiger partial charge in [0.2, 0.25) is 0 Å². The molecule has 1 rings (SSSR count). The average Bonchev–Trinajstić information content (AvgIpc) is 1.60. The number of halogens is 1. The molecular weight excluding hydrogens is 147 g/mol. The van der Waals surface area contributed by atoms with E-state index in [9.17, 15) is 12.8 Å².